The molecule has 0 bridgehead atoms. The van der Waals surface area contributed by atoms with Gasteiger partial charge in [-0.2, -0.15) is 0 Å². The van der Waals surface area contributed by atoms with E-state index >= 15 is 0 Å². The maximum Gasteiger partial charge on any atom is 0.333 e. The van der Waals surface area contributed by atoms with E-state index in [2.05, 4.69) is 67.0 Å². The standard InChI is InChI=1S/C54H77N9O9/c1-36(55-33-64)52(67)70-49-43(58(4)5)27-39(29-46(49)61-19-13-10-14-20-61)25-41(42-31-45(60(8)9)51(72-54(69)38(3)57-35-66)48(32-42)63-23-17-12-18-24-63)26-40-28-44(59(6)7)50(71-53(68)37(2)56-34-65)47(30-40)62-21-15-11-16-22-62/h27-38,41H,10-26H2,1-9H3,(H,55,64)(H,56,65)(H,57,66)/t36-,37-,38-/m0/s1. The Bertz CT molecular complexity index is 2270. The van der Waals surface area contributed by atoms with Crippen molar-refractivity contribution in [3.8, 4) is 17.2 Å². The van der Waals surface area contributed by atoms with Crippen molar-refractivity contribution in [3.05, 3.63) is 53.1 Å². The number of carbonyl (C=O) groups excluding carboxylic acids is 6. The lowest BCUT2D eigenvalue weighted by Crippen LogP contribution is -2.37. The van der Waals surface area contributed by atoms with Crippen LogP contribution in [0.15, 0.2) is 36.4 Å². The Morgan fingerprint density at radius 1 is 0.472 bits per heavy atom. The smallest absolute Gasteiger partial charge is 0.333 e. The van der Waals surface area contributed by atoms with E-state index in [0.29, 0.717) is 66.4 Å². The zero-order valence-electron chi connectivity index (χ0n) is 43.9. The van der Waals surface area contributed by atoms with Gasteiger partial charge in [-0.1, -0.05) is 0 Å². The maximum atomic E-state index is 13.6. The van der Waals surface area contributed by atoms with Crippen molar-refractivity contribution in [2.75, 3.05) is 111 Å². The van der Waals surface area contributed by atoms with Crippen molar-refractivity contribution in [3.63, 3.8) is 0 Å². The van der Waals surface area contributed by atoms with Crippen molar-refractivity contribution >= 4 is 71.3 Å². The summed E-state index contributed by atoms with van der Waals surface area (Å²) in [7, 11) is 11.6. The fourth-order valence-corrected chi connectivity index (χ4v) is 9.78. The molecule has 3 aliphatic heterocycles. The summed E-state index contributed by atoms with van der Waals surface area (Å²) in [6.45, 7) is 9.47. The summed E-state index contributed by atoms with van der Waals surface area (Å²) in [6.07, 6.45) is 11.7. The first-order valence-corrected chi connectivity index (χ1v) is 25.6. The summed E-state index contributed by atoms with van der Waals surface area (Å²) in [5, 5.41) is 7.62. The van der Waals surface area contributed by atoms with Gasteiger partial charge in [-0.05, 0) is 150 Å². The normalized spacial score (nSPS) is 16.2. The highest BCUT2D eigenvalue weighted by atomic mass is 16.5. The van der Waals surface area contributed by atoms with Crippen LogP contribution in [0.4, 0.5) is 34.1 Å². The Morgan fingerprint density at radius 2 is 0.764 bits per heavy atom. The van der Waals surface area contributed by atoms with E-state index < -0.39 is 36.0 Å². The molecule has 3 heterocycles. The van der Waals surface area contributed by atoms with Crippen LogP contribution < -0.4 is 59.6 Å². The second kappa shape index (κ2) is 25.6. The molecule has 3 aliphatic rings. The molecule has 3 N–H and O–H groups in total. The van der Waals surface area contributed by atoms with Crippen LogP contribution in [0.1, 0.15) is 101 Å². The molecular weight excluding hydrogens is 919 g/mol. The Hall–Kier alpha value is -6.72. The number of amides is 3. The maximum absolute atomic E-state index is 13.6. The molecule has 3 amide bonds. The first-order valence-electron chi connectivity index (χ1n) is 25.6. The highest BCUT2D eigenvalue weighted by Gasteiger charge is 2.31. The van der Waals surface area contributed by atoms with Crippen LogP contribution in [0.3, 0.4) is 0 Å². The molecule has 3 fully saturated rings. The molecule has 6 rings (SSSR count). The molecule has 0 saturated carbocycles. The number of rotatable bonds is 23. The number of anilines is 6. The molecule has 0 aromatic heterocycles. The molecular formula is C54H77N9O9. The van der Waals surface area contributed by atoms with Crippen LogP contribution in [-0.2, 0) is 41.6 Å². The van der Waals surface area contributed by atoms with E-state index in [9.17, 15) is 28.8 Å². The quantitative estimate of drug-likeness (QED) is 0.0611. The average molecular weight is 996 g/mol. The van der Waals surface area contributed by atoms with Gasteiger partial charge in [0, 0.05) is 81.6 Å². The van der Waals surface area contributed by atoms with E-state index in [-0.39, 0.29) is 5.92 Å². The summed E-state index contributed by atoms with van der Waals surface area (Å²) in [6, 6.07) is 10.1. The Balaban J connectivity index is 1.59. The zero-order valence-corrected chi connectivity index (χ0v) is 43.9. The minimum absolute atomic E-state index is 0.212. The molecule has 0 unspecified atom stereocenters. The van der Waals surface area contributed by atoms with Crippen LogP contribution in [0, 0.1) is 0 Å². The van der Waals surface area contributed by atoms with E-state index in [1.54, 1.807) is 20.8 Å². The van der Waals surface area contributed by atoms with Crippen molar-refractivity contribution < 1.29 is 43.0 Å². The van der Waals surface area contributed by atoms with E-state index in [4.69, 9.17) is 14.2 Å². The van der Waals surface area contributed by atoms with Crippen molar-refractivity contribution in [2.45, 2.75) is 115 Å². The van der Waals surface area contributed by atoms with Crippen LogP contribution >= 0.6 is 0 Å². The second-order valence-electron chi connectivity index (χ2n) is 20.0. The van der Waals surface area contributed by atoms with Crippen LogP contribution in [0.2, 0.25) is 0 Å². The van der Waals surface area contributed by atoms with Crippen LogP contribution in [0.25, 0.3) is 0 Å². The van der Waals surface area contributed by atoms with Crippen molar-refractivity contribution in [1.29, 1.82) is 0 Å². The third-order valence-corrected chi connectivity index (χ3v) is 13.9. The SMILES string of the molecule is C[C@H](NC=O)C(=O)Oc1c(N(C)C)cc(CC(Cc2cc(N(C)C)c(OC(=O)[C@H](C)NC=O)c(N3CCCCC3)c2)c2cc(N(C)C)c(OC(=O)[C@H](C)NC=O)c(N3CCCCC3)c2)cc1N1CCCCC1. The molecule has 18 nitrogen and oxygen atoms in total. The minimum atomic E-state index is -0.877. The lowest BCUT2D eigenvalue weighted by molar-refractivity contribution is -0.137. The van der Waals surface area contributed by atoms with Gasteiger partial charge in [0.05, 0.1) is 34.1 Å². The first kappa shape index (κ1) is 54.6. The Kier molecular flexibility index (Phi) is 19.4. The van der Waals surface area contributed by atoms with Crippen LogP contribution in [-0.4, -0.2) is 137 Å². The Morgan fingerprint density at radius 3 is 1.06 bits per heavy atom. The summed E-state index contributed by atoms with van der Waals surface area (Å²) in [4.78, 5) is 87.7. The lowest BCUT2D eigenvalue weighted by Gasteiger charge is -2.34. The second-order valence-corrected chi connectivity index (χ2v) is 20.0. The minimum Gasteiger partial charge on any atom is -0.421 e. The van der Waals surface area contributed by atoms with Gasteiger partial charge < -0.3 is 59.6 Å². The highest BCUT2D eigenvalue weighted by Crippen LogP contribution is 2.47. The summed E-state index contributed by atoms with van der Waals surface area (Å²) in [5.41, 5.74) is 7.54. The van der Waals surface area contributed by atoms with Gasteiger partial charge in [0.25, 0.3) is 0 Å². The fourth-order valence-electron chi connectivity index (χ4n) is 9.78. The average Bonchev–Trinajstić information content (AvgIpc) is 3.37. The van der Waals surface area contributed by atoms with Crippen molar-refractivity contribution in [1.82, 2.24) is 16.0 Å². The molecule has 0 spiro atoms. The van der Waals surface area contributed by atoms with Gasteiger partial charge in [-0.15, -0.1) is 0 Å². The number of carbonyl (C=O) groups is 6. The fraction of sp³-hybridized carbons (Fsp3) is 0.556. The number of piperidine rings is 3. The summed E-state index contributed by atoms with van der Waals surface area (Å²) in [5.74, 6) is -0.644. The van der Waals surface area contributed by atoms with E-state index in [0.717, 1.165) is 131 Å². The van der Waals surface area contributed by atoms with Gasteiger partial charge in [0.15, 0.2) is 17.2 Å². The lowest BCUT2D eigenvalue weighted by atomic mass is 9.85. The van der Waals surface area contributed by atoms with Gasteiger partial charge in [0.2, 0.25) is 19.2 Å². The molecule has 3 aromatic carbocycles. The topological polar surface area (TPSA) is 186 Å². The van der Waals surface area contributed by atoms with Gasteiger partial charge in [-0.3, -0.25) is 14.4 Å². The number of benzene rings is 3. The number of nitrogens with zero attached hydrogens (tertiary/aromatic N) is 6. The molecule has 72 heavy (non-hydrogen) atoms. The molecule has 3 atom stereocenters. The third-order valence-electron chi connectivity index (χ3n) is 13.9. The predicted octanol–water partition coefficient (Wildman–Crippen LogP) is 5.54. The number of ether oxygens (including phenoxy) is 3. The molecule has 3 aromatic rings. The van der Waals surface area contributed by atoms with Crippen LogP contribution in [0.5, 0.6) is 17.2 Å². The molecule has 0 aliphatic carbocycles. The predicted molar refractivity (Wildman–Crippen MR) is 284 cm³/mol. The summed E-state index contributed by atoms with van der Waals surface area (Å²) >= 11 is 0. The molecule has 3 saturated heterocycles. The largest absolute Gasteiger partial charge is 0.421 e. The zero-order chi connectivity index (χ0) is 52.1. The first-order chi connectivity index (χ1) is 34.5. The van der Waals surface area contributed by atoms with E-state index in [1.807, 2.05) is 57.0 Å². The van der Waals surface area contributed by atoms with Gasteiger partial charge in [0.1, 0.15) is 18.1 Å². The van der Waals surface area contributed by atoms with E-state index in [1.165, 1.54) is 0 Å². The Labute approximate surface area is 425 Å². The molecule has 0 radical (unpaired) electrons. The summed E-state index contributed by atoms with van der Waals surface area (Å²) < 4.78 is 18.8. The number of nitrogens with one attached hydrogen (secondary N) is 3. The number of hydrogen-bond acceptors (Lipinski definition) is 15. The monoisotopic (exact) mass is 996 g/mol. The number of esters is 3. The molecule has 18 heteroatoms. The van der Waals surface area contributed by atoms with Gasteiger partial charge >= 0.3 is 17.9 Å². The molecule has 392 valence electrons. The number of hydrogen-bond donors (Lipinski definition) is 3. The third kappa shape index (κ3) is 13.6. The van der Waals surface area contributed by atoms with Crippen molar-refractivity contribution in [2.24, 2.45) is 0 Å². The highest BCUT2D eigenvalue weighted by molar-refractivity contribution is 5.88. The van der Waals surface area contributed by atoms with Gasteiger partial charge in [-0.25, -0.2) is 14.4 Å².